The fourth-order valence-electron chi connectivity index (χ4n) is 3.56. The summed E-state index contributed by atoms with van der Waals surface area (Å²) in [6.07, 6.45) is 1.59. The molecule has 0 saturated carbocycles. The Labute approximate surface area is 212 Å². The number of ether oxygens (including phenoxy) is 1. The van der Waals surface area contributed by atoms with Crippen LogP contribution in [0.5, 0.6) is 11.5 Å². The number of para-hydroxylation sites is 1. The number of carbonyl (C=O) groups is 1. The fraction of sp³-hybridized carbons (Fsp3) is 0.0370. The van der Waals surface area contributed by atoms with Gasteiger partial charge in [-0.25, -0.2) is 4.99 Å². The molecular formula is C27H20N2O5S2. The van der Waals surface area contributed by atoms with Crippen LogP contribution in [0.15, 0.2) is 106 Å². The van der Waals surface area contributed by atoms with Gasteiger partial charge in [0.15, 0.2) is 5.17 Å². The Balaban J connectivity index is 1.40. The van der Waals surface area contributed by atoms with E-state index in [1.807, 2.05) is 24.3 Å². The van der Waals surface area contributed by atoms with Crippen molar-refractivity contribution >= 4 is 55.5 Å². The van der Waals surface area contributed by atoms with E-state index in [4.69, 9.17) is 8.92 Å². The van der Waals surface area contributed by atoms with E-state index in [9.17, 15) is 13.2 Å². The molecule has 1 saturated heterocycles. The van der Waals surface area contributed by atoms with Gasteiger partial charge in [-0.15, -0.1) is 0 Å². The van der Waals surface area contributed by atoms with E-state index in [1.54, 1.807) is 73.8 Å². The average molecular weight is 517 g/mol. The van der Waals surface area contributed by atoms with Crippen LogP contribution in [0.3, 0.4) is 0 Å². The highest BCUT2D eigenvalue weighted by Gasteiger charge is 2.25. The normalized spacial score (nSPS) is 15.9. The molecule has 9 heteroatoms. The molecule has 1 aliphatic heterocycles. The van der Waals surface area contributed by atoms with Gasteiger partial charge in [-0.1, -0.05) is 48.5 Å². The van der Waals surface area contributed by atoms with Gasteiger partial charge in [0.1, 0.15) is 16.4 Å². The fourth-order valence-corrected chi connectivity index (χ4v) is 5.38. The van der Waals surface area contributed by atoms with Crippen molar-refractivity contribution in [2.75, 3.05) is 7.11 Å². The van der Waals surface area contributed by atoms with E-state index in [0.717, 1.165) is 22.5 Å². The first-order valence-electron chi connectivity index (χ1n) is 10.9. The summed E-state index contributed by atoms with van der Waals surface area (Å²) in [4.78, 5) is 17.4. The molecule has 1 fully saturated rings. The Morgan fingerprint density at radius 3 is 2.39 bits per heavy atom. The number of hydrogen-bond donors (Lipinski definition) is 1. The number of rotatable bonds is 6. The number of methoxy groups -OCH3 is 1. The van der Waals surface area contributed by atoms with E-state index in [1.165, 1.54) is 6.07 Å². The van der Waals surface area contributed by atoms with Crippen molar-refractivity contribution in [3.05, 3.63) is 101 Å². The number of fused-ring (bicyclic) bond motifs is 1. The molecule has 7 nitrogen and oxygen atoms in total. The molecule has 36 heavy (non-hydrogen) atoms. The molecule has 5 rings (SSSR count). The molecule has 1 heterocycles. The van der Waals surface area contributed by atoms with Gasteiger partial charge in [0.05, 0.1) is 17.7 Å². The molecule has 0 atom stereocenters. The van der Waals surface area contributed by atoms with Crippen molar-refractivity contribution < 1.29 is 22.1 Å². The zero-order chi connectivity index (χ0) is 25.1. The third-order valence-corrected chi connectivity index (χ3v) is 7.51. The van der Waals surface area contributed by atoms with Gasteiger partial charge in [-0.05, 0) is 71.1 Å². The molecule has 180 valence electrons. The van der Waals surface area contributed by atoms with Crippen LogP contribution in [0, 0.1) is 0 Å². The second-order valence-corrected chi connectivity index (χ2v) is 10.3. The number of amidine groups is 1. The van der Waals surface area contributed by atoms with Crippen LogP contribution in [0.2, 0.25) is 0 Å². The minimum atomic E-state index is -4.10. The number of nitrogens with zero attached hydrogens (tertiary/aromatic N) is 1. The Morgan fingerprint density at radius 1 is 0.889 bits per heavy atom. The maximum absolute atomic E-state index is 13.0. The van der Waals surface area contributed by atoms with Gasteiger partial charge in [0, 0.05) is 5.56 Å². The third kappa shape index (κ3) is 5.12. The van der Waals surface area contributed by atoms with Gasteiger partial charge < -0.3 is 14.2 Å². The predicted octanol–water partition coefficient (Wildman–Crippen LogP) is 5.51. The van der Waals surface area contributed by atoms with Crippen LogP contribution in [0.4, 0.5) is 5.69 Å². The summed E-state index contributed by atoms with van der Waals surface area (Å²) in [5.41, 5.74) is 1.11. The van der Waals surface area contributed by atoms with Crippen LogP contribution < -0.4 is 14.2 Å². The largest absolute Gasteiger partial charge is 0.497 e. The second-order valence-electron chi connectivity index (χ2n) is 7.76. The van der Waals surface area contributed by atoms with Gasteiger partial charge >= 0.3 is 10.1 Å². The lowest BCUT2D eigenvalue weighted by molar-refractivity contribution is -0.115. The average Bonchev–Trinajstić information content (AvgIpc) is 3.23. The highest BCUT2D eigenvalue weighted by atomic mass is 32.2. The number of hydrogen-bond acceptors (Lipinski definition) is 7. The Kier molecular flexibility index (Phi) is 6.49. The summed E-state index contributed by atoms with van der Waals surface area (Å²) in [5.74, 6) is 0.490. The zero-order valence-corrected chi connectivity index (χ0v) is 20.7. The summed E-state index contributed by atoms with van der Waals surface area (Å²) in [6, 6.07) is 26.1. The summed E-state index contributed by atoms with van der Waals surface area (Å²) >= 11 is 1.16. The second kappa shape index (κ2) is 9.88. The monoisotopic (exact) mass is 516 g/mol. The maximum Gasteiger partial charge on any atom is 0.339 e. The summed E-state index contributed by atoms with van der Waals surface area (Å²) in [5, 5.41) is 4.86. The lowest BCUT2D eigenvalue weighted by Crippen LogP contribution is -2.19. The van der Waals surface area contributed by atoms with Crippen LogP contribution in [-0.4, -0.2) is 26.6 Å². The van der Waals surface area contributed by atoms with Crippen LogP contribution in [0.25, 0.3) is 16.8 Å². The molecule has 4 aromatic rings. The summed E-state index contributed by atoms with van der Waals surface area (Å²) in [7, 11) is -2.52. The predicted molar refractivity (Wildman–Crippen MR) is 142 cm³/mol. The Hall–Kier alpha value is -4.08. The summed E-state index contributed by atoms with van der Waals surface area (Å²) in [6.45, 7) is 0. The van der Waals surface area contributed by atoms with Crippen LogP contribution in [0.1, 0.15) is 5.56 Å². The minimum absolute atomic E-state index is 0.0468. The topological polar surface area (TPSA) is 94.1 Å². The Morgan fingerprint density at radius 2 is 1.61 bits per heavy atom. The van der Waals surface area contributed by atoms with Crippen molar-refractivity contribution in [2.24, 2.45) is 4.99 Å². The third-order valence-electron chi connectivity index (χ3n) is 5.37. The molecular weight excluding hydrogens is 496 g/mol. The molecule has 1 amide bonds. The van der Waals surface area contributed by atoms with E-state index in [0.29, 0.717) is 27.1 Å². The van der Waals surface area contributed by atoms with Crippen molar-refractivity contribution in [3.63, 3.8) is 0 Å². The SMILES string of the molecule is COc1ccc(N=C2NC(=O)/C(=C/c3ccccc3OS(=O)(=O)c3ccc4ccccc4c3)S2)cc1. The van der Waals surface area contributed by atoms with Crippen molar-refractivity contribution in [1.82, 2.24) is 5.32 Å². The first-order valence-corrected chi connectivity index (χ1v) is 13.1. The number of carbonyl (C=O) groups excluding carboxylic acids is 1. The number of aliphatic imine (C=N–C) groups is 1. The number of amides is 1. The van der Waals surface area contributed by atoms with Crippen molar-refractivity contribution in [2.45, 2.75) is 4.90 Å². The van der Waals surface area contributed by atoms with Crippen LogP contribution >= 0.6 is 11.8 Å². The van der Waals surface area contributed by atoms with Gasteiger partial charge in [0.2, 0.25) is 0 Å². The number of nitrogens with one attached hydrogen (secondary N) is 1. The van der Waals surface area contributed by atoms with Crippen LogP contribution in [-0.2, 0) is 14.9 Å². The summed E-state index contributed by atoms with van der Waals surface area (Å²) < 4.78 is 36.7. The number of benzene rings is 4. The van der Waals surface area contributed by atoms with Gasteiger partial charge in [-0.3, -0.25) is 4.79 Å². The number of thioether (sulfide) groups is 1. The quantitative estimate of drug-likeness (QED) is 0.268. The molecule has 0 radical (unpaired) electrons. The first kappa shape index (κ1) is 23.7. The van der Waals surface area contributed by atoms with Gasteiger partial charge in [0.25, 0.3) is 5.91 Å². The Bertz CT molecular complexity index is 1630. The molecule has 0 aliphatic carbocycles. The maximum atomic E-state index is 13.0. The zero-order valence-electron chi connectivity index (χ0n) is 19.0. The van der Waals surface area contributed by atoms with Gasteiger partial charge in [-0.2, -0.15) is 8.42 Å². The molecule has 4 aromatic carbocycles. The molecule has 0 aromatic heterocycles. The highest BCUT2D eigenvalue weighted by Crippen LogP contribution is 2.32. The minimum Gasteiger partial charge on any atom is -0.497 e. The highest BCUT2D eigenvalue weighted by molar-refractivity contribution is 8.18. The molecule has 1 N–H and O–H groups in total. The van der Waals surface area contributed by atoms with Crippen molar-refractivity contribution in [3.8, 4) is 11.5 Å². The standard InChI is InChI=1S/C27H20N2O5S2/c1-33-22-13-11-21(12-14-22)28-27-29-26(30)25(35-27)17-20-8-4-5-9-24(20)34-36(31,32)23-15-10-18-6-2-3-7-19(18)16-23/h2-17H,1H3,(H,28,29,30)/b25-17-. The lowest BCUT2D eigenvalue weighted by Gasteiger charge is -2.10. The molecule has 1 aliphatic rings. The first-order chi connectivity index (χ1) is 17.4. The smallest absolute Gasteiger partial charge is 0.339 e. The molecule has 0 unspecified atom stereocenters. The van der Waals surface area contributed by atoms with E-state index >= 15 is 0 Å². The molecule has 0 spiro atoms. The van der Waals surface area contributed by atoms with E-state index in [-0.39, 0.29) is 16.6 Å². The van der Waals surface area contributed by atoms with E-state index < -0.39 is 10.1 Å². The molecule has 0 bridgehead atoms. The van der Waals surface area contributed by atoms with Crippen molar-refractivity contribution in [1.29, 1.82) is 0 Å². The lowest BCUT2D eigenvalue weighted by atomic mass is 10.1. The van der Waals surface area contributed by atoms with E-state index in [2.05, 4.69) is 10.3 Å².